The molecular weight excluding hydrogens is 514 g/mol. The molecule has 3 amide bonds. The fourth-order valence-electron chi connectivity index (χ4n) is 4.38. The van der Waals surface area contributed by atoms with Crippen LogP contribution in [0.5, 0.6) is 0 Å². The molecule has 0 aliphatic rings. The van der Waals surface area contributed by atoms with Gasteiger partial charge in [-0.15, -0.1) is 0 Å². The largest absolute Gasteiger partial charge is 0.464 e. The van der Waals surface area contributed by atoms with Gasteiger partial charge in [-0.3, -0.25) is 19.3 Å². The van der Waals surface area contributed by atoms with E-state index in [-0.39, 0.29) is 28.6 Å². The van der Waals surface area contributed by atoms with Crippen LogP contribution in [0.25, 0.3) is 10.8 Å². The van der Waals surface area contributed by atoms with E-state index in [9.17, 15) is 14.4 Å². The summed E-state index contributed by atoms with van der Waals surface area (Å²) in [6, 6.07) is 24.6. The second kappa shape index (κ2) is 10.8. The van der Waals surface area contributed by atoms with Gasteiger partial charge < -0.3 is 21.2 Å². The number of aromatic nitrogens is 1. The third kappa shape index (κ3) is 5.10. The van der Waals surface area contributed by atoms with Crippen molar-refractivity contribution in [3.8, 4) is 0 Å². The lowest BCUT2D eigenvalue weighted by Gasteiger charge is -2.30. The van der Waals surface area contributed by atoms with Gasteiger partial charge in [0.1, 0.15) is 16.4 Å². The molecule has 39 heavy (non-hydrogen) atoms. The van der Waals surface area contributed by atoms with E-state index in [2.05, 4.69) is 9.69 Å². The Bertz CT molecular complexity index is 1670. The highest BCUT2D eigenvalue weighted by atomic mass is 32.1. The molecule has 10 heteroatoms. The molecule has 2 aromatic heterocycles. The number of anilines is 2. The molecule has 9 nitrogen and oxygen atoms in total. The number of fused-ring (bicyclic) bond motifs is 1. The zero-order chi connectivity index (χ0) is 27.5. The van der Waals surface area contributed by atoms with Crippen LogP contribution in [-0.4, -0.2) is 22.1 Å². The van der Waals surface area contributed by atoms with Crippen LogP contribution >= 0.6 is 11.5 Å². The zero-order valence-electron chi connectivity index (χ0n) is 21.0. The van der Waals surface area contributed by atoms with Gasteiger partial charge >= 0.3 is 0 Å². The van der Waals surface area contributed by atoms with Crippen molar-refractivity contribution in [2.75, 3.05) is 10.6 Å². The van der Waals surface area contributed by atoms with E-state index < -0.39 is 23.8 Å². The zero-order valence-corrected chi connectivity index (χ0v) is 21.8. The topological polar surface area (TPSA) is 145 Å². The van der Waals surface area contributed by atoms with Gasteiger partial charge in [-0.2, -0.15) is 4.37 Å². The number of carbonyl (C=O) groups is 3. The second-order valence-corrected chi connectivity index (χ2v) is 9.64. The summed E-state index contributed by atoms with van der Waals surface area (Å²) in [7, 11) is 0. The van der Waals surface area contributed by atoms with Crippen LogP contribution < -0.4 is 21.7 Å². The molecule has 1 atom stereocenters. The highest BCUT2D eigenvalue weighted by molar-refractivity contribution is 7.09. The predicted octanol–water partition coefficient (Wildman–Crippen LogP) is 4.58. The van der Waals surface area contributed by atoms with Gasteiger partial charge in [-0.25, -0.2) is 0 Å². The average molecular weight is 540 g/mol. The Hall–Kier alpha value is -4.96. The molecule has 0 aliphatic heterocycles. The highest BCUT2D eigenvalue weighted by Crippen LogP contribution is 2.37. The summed E-state index contributed by atoms with van der Waals surface area (Å²) in [5.41, 5.74) is 12.6. The molecule has 5 N–H and O–H groups in total. The minimum atomic E-state index is -1.21. The van der Waals surface area contributed by atoms with Crippen molar-refractivity contribution in [2.45, 2.75) is 19.5 Å². The summed E-state index contributed by atoms with van der Waals surface area (Å²) in [5.74, 6) is -1.10. The van der Waals surface area contributed by atoms with Crippen LogP contribution in [0.2, 0.25) is 0 Å². The Morgan fingerprint density at radius 1 is 0.974 bits per heavy atom. The quantitative estimate of drug-likeness (QED) is 0.263. The molecule has 2 heterocycles. The summed E-state index contributed by atoms with van der Waals surface area (Å²) >= 11 is 0.751. The minimum Gasteiger partial charge on any atom is -0.464 e. The number of aryl methyl sites for hydroxylation is 1. The molecule has 5 aromatic rings. The van der Waals surface area contributed by atoms with Crippen LogP contribution in [-0.2, 0) is 11.3 Å². The monoisotopic (exact) mass is 539 g/mol. The van der Waals surface area contributed by atoms with Gasteiger partial charge in [0, 0.05) is 11.9 Å². The number of hydrogen-bond donors (Lipinski definition) is 3. The minimum absolute atomic E-state index is 0.0131. The third-order valence-electron chi connectivity index (χ3n) is 6.25. The summed E-state index contributed by atoms with van der Waals surface area (Å²) in [6.45, 7) is 1.99. The van der Waals surface area contributed by atoms with Crippen molar-refractivity contribution in [1.29, 1.82) is 0 Å². The molecule has 0 spiro atoms. The van der Waals surface area contributed by atoms with E-state index in [4.69, 9.17) is 15.9 Å². The standard InChI is InChI=1S/C29H25N5O4S/c1-17-14-15-22(38-17)25(28(36)32-16-18-8-3-2-4-9-18)34(21-13-7-11-19-10-5-6-12-20(19)21)29(37)26-23(30)24(27(31)35)33-39-26/h2-15,25H,16,30H2,1H3,(H2,31,35)(H,32,36)/t25-/m0/s1. The highest BCUT2D eigenvalue weighted by Gasteiger charge is 2.38. The first-order chi connectivity index (χ1) is 18.8. The van der Waals surface area contributed by atoms with E-state index in [1.54, 1.807) is 31.2 Å². The van der Waals surface area contributed by atoms with E-state index in [0.717, 1.165) is 27.9 Å². The number of nitrogen functional groups attached to an aromatic ring is 1. The molecule has 0 aliphatic carbocycles. The van der Waals surface area contributed by atoms with Gasteiger partial charge in [0.05, 0.1) is 11.4 Å². The first kappa shape index (κ1) is 25.7. The van der Waals surface area contributed by atoms with Gasteiger partial charge in [-0.05, 0) is 47.6 Å². The van der Waals surface area contributed by atoms with Gasteiger partial charge in [0.25, 0.3) is 17.7 Å². The summed E-state index contributed by atoms with van der Waals surface area (Å²) in [4.78, 5) is 41.4. The van der Waals surface area contributed by atoms with Crippen molar-refractivity contribution in [3.63, 3.8) is 0 Å². The molecule has 0 bridgehead atoms. The van der Waals surface area contributed by atoms with Gasteiger partial charge in [0.2, 0.25) is 0 Å². The van der Waals surface area contributed by atoms with Crippen LogP contribution in [0.1, 0.15) is 43.3 Å². The summed E-state index contributed by atoms with van der Waals surface area (Å²) in [5, 5.41) is 4.53. The maximum Gasteiger partial charge on any atom is 0.273 e. The molecule has 0 unspecified atom stereocenters. The number of rotatable bonds is 8. The number of carbonyl (C=O) groups excluding carboxylic acids is 3. The van der Waals surface area contributed by atoms with Crippen LogP contribution in [0, 0.1) is 6.92 Å². The van der Waals surface area contributed by atoms with Crippen LogP contribution in [0.4, 0.5) is 11.4 Å². The Morgan fingerprint density at radius 2 is 1.69 bits per heavy atom. The molecule has 0 fully saturated rings. The van der Waals surface area contributed by atoms with Gasteiger partial charge in [0.15, 0.2) is 11.7 Å². The number of hydrogen-bond acceptors (Lipinski definition) is 7. The maximum absolute atomic E-state index is 14.3. The summed E-state index contributed by atoms with van der Waals surface area (Å²) in [6.07, 6.45) is 0. The van der Waals surface area contributed by atoms with E-state index in [1.807, 2.05) is 60.7 Å². The molecule has 196 valence electrons. The Balaban J connectivity index is 1.67. The smallest absolute Gasteiger partial charge is 0.273 e. The molecule has 0 saturated heterocycles. The van der Waals surface area contributed by atoms with Crippen LogP contribution in [0.15, 0.2) is 89.3 Å². The van der Waals surface area contributed by atoms with Crippen molar-refractivity contribution in [3.05, 3.63) is 113 Å². The number of benzene rings is 3. The van der Waals surface area contributed by atoms with Crippen molar-refractivity contribution < 1.29 is 18.8 Å². The Labute approximate surface area is 228 Å². The number of nitrogens with two attached hydrogens (primary N) is 2. The van der Waals surface area contributed by atoms with Crippen molar-refractivity contribution in [1.82, 2.24) is 9.69 Å². The molecule has 0 saturated carbocycles. The van der Waals surface area contributed by atoms with Crippen molar-refractivity contribution >= 4 is 51.4 Å². The second-order valence-electron chi connectivity index (χ2n) is 8.87. The Morgan fingerprint density at radius 3 is 2.38 bits per heavy atom. The van der Waals surface area contributed by atoms with E-state index >= 15 is 0 Å². The molecule has 0 radical (unpaired) electrons. The SMILES string of the molecule is Cc1ccc([C@@H](C(=O)NCc2ccccc2)N(C(=O)c2snc(C(N)=O)c2N)c2cccc3ccccc23)o1. The Kier molecular flexibility index (Phi) is 7.11. The fourth-order valence-corrected chi connectivity index (χ4v) is 5.12. The summed E-state index contributed by atoms with van der Waals surface area (Å²) < 4.78 is 9.92. The predicted molar refractivity (Wildman–Crippen MR) is 150 cm³/mol. The number of amides is 3. The fraction of sp³-hybridized carbons (Fsp3) is 0.103. The lowest BCUT2D eigenvalue weighted by atomic mass is 10.0. The molecular formula is C29H25N5O4S. The van der Waals surface area contributed by atoms with E-state index in [1.165, 1.54) is 4.90 Å². The molecule has 3 aromatic carbocycles. The third-order valence-corrected chi connectivity index (χ3v) is 7.10. The number of primary amides is 1. The van der Waals surface area contributed by atoms with Crippen LogP contribution in [0.3, 0.4) is 0 Å². The van der Waals surface area contributed by atoms with E-state index in [0.29, 0.717) is 11.4 Å². The first-order valence-electron chi connectivity index (χ1n) is 12.1. The number of nitrogens with one attached hydrogen (secondary N) is 1. The van der Waals surface area contributed by atoms with Crippen molar-refractivity contribution in [2.24, 2.45) is 5.73 Å². The number of furan rings is 1. The average Bonchev–Trinajstić information content (AvgIpc) is 3.55. The lowest BCUT2D eigenvalue weighted by Crippen LogP contribution is -2.44. The molecule has 5 rings (SSSR count). The normalized spacial score (nSPS) is 11.7. The lowest BCUT2D eigenvalue weighted by molar-refractivity contribution is -0.123. The first-order valence-corrected chi connectivity index (χ1v) is 12.9. The maximum atomic E-state index is 14.3. The van der Waals surface area contributed by atoms with Gasteiger partial charge in [-0.1, -0.05) is 66.7 Å². The number of nitrogens with zero attached hydrogens (tertiary/aromatic N) is 2.